The van der Waals surface area contributed by atoms with Crippen LogP contribution in [0.2, 0.25) is 0 Å². The Kier molecular flexibility index (Phi) is 5.77. The predicted octanol–water partition coefficient (Wildman–Crippen LogP) is 0.888. The minimum Gasteiger partial charge on any atom is -0.345 e. The van der Waals surface area contributed by atoms with Gasteiger partial charge in [-0.1, -0.05) is 13.8 Å². The molecule has 5 heteroatoms. The average Bonchev–Trinajstić information content (AvgIpc) is 2.45. The van der Waals surface area contributed by atoms with Crippen molar-refractivity contribution in [1.82, 2.24) is 4.90 Å². The Balaban J connectivity index is 1.89. The molecule has 126 valence electrons. The topological polar surface area (TPSA) is 53.9 Å². The van der Waals surface area contributed by atoms with Crippen LogP contribution in [0.3, 0.4) is 0 Å². The molecule has 1 aliphatic rings. The highest BCUT2D eigenvalue weighted by molar-refractivity contribution is 5.95. The van der Waals surface area contributed by atoms with Crippen LogP contribution < -0.4 is 10.2 Å². The van der Waals surface area contributed by atoms with Crippen molar-refractivity contribution in [2.75, 3.05) is 39.0 Å². The van der Waals surface area contributed by atoms with Crippen molar-refractivity contribution in [2.45, 2.75) is 20.3 Å². The Morgan fingerprint density at radius 2 is 1.70 bits per heavy atom. The SMILES string of the molecule is C[C@@H]1C[C@H](C)C[NH+](CC(=O)Nc2ccc(C(=O)N(C)C)cc2)C1. The Morgan fingerprint density at radius 3 is 2.22 bits per heavy atom. The first-order chi connectivity index (χ1) is 10.8. The number of carbonyl (C=O) groups excluding carboxylic acids is 2. The molecular weight excluding hydrogens is 290 g/mol. The molecule has 1 aliphatic heterocycles. The number of benzene rings is 1. The first-order valence-corrected chi connectivity index (χ1v) is 8.30. The van der Waals surface area contributed by atoms with E-state index in [9.17, 15) is 9.59 Å². The van der Waals surface area contributed by atoms with Crippen molar-refractivity contribution in [3.63, 3.8) is 0 Å². The van der Waals surface area contributed by atoms with E-state index in [1.54, 1.807) is 38.4 Å². The van der Waals surface area contributed by atoms with Gasteiger partial charge in [-0.05, 0) is 30.7 Å². The van der Waals surface area contributed by atoms with Gasteiger partial charge in [-0.3, -0.25) is 9.59 Å². The molecular formula is C18H28N3O2+. The summed E-state index contributed by atoms with van der Waals surface area (Å²) in [6, 6.07) is 7.06. The lowest BCUT2D eigenvalue weighted by molar-refractivity contribution is -0.904. The lowest BCUT2D eigenvalue weighted by Gasteiger charge is -2.31. The van der Waals surface area contributed by atoms with Crippen molar-refractivity contribution >= 4 is 17.5 Å². The third-order valence-electron chi connectivity index (χ3n) is 4.31. The van der Waals surface area contributed by atoms with Crippen LogP contribution in [0.5, 0.6) is 0 Å². The summed E-state index contributed by atoms with van der Waals surface area (Å²) in [6.45, 7) is 7.15. The van der Waals surface area contributed by atoms with Crippen LogP contribution in [0, 0.1) is 11.8 Å². The second-order valence-electron chi connectivity index (χ2n) is 7.11. The van der Waals surface area contributed by atoms with Crippen molar-refractivity contribution in [3.05, 3.63) is 29.8 Å². The highest BCUT2D eigenvalue weighted by Crippen LogP contribution is 2.12. The van der Waals surface area contributed by atoms with Crippen LogP contribution in [0.1, 0.15) is 30.6 Å². The highest BCUT2D eigenvalue weighted by atomic mass is 16.2. The molecule has 5 nitrogen and oxygen atoms in total. The van der Waals surface area contributed by atoms with E-state index < -0.39 is 0 Å². The minimum atomic E-state index is -0.0383. The molecule has 3 atom stereocenters. The summed E-state index contributed by atoms with van der Waals surface area (Å²) >= 11 is 0. The Labute approximate surface area is 138 Å². The molecule has 1 unspecified atom stereocenters. The second-order valence-corrected chi connectivity index (χ2v) is 7.11. The molecule has 1 aromatic rings. The van der Waals surface area contributed by atoms with E-state index in [4.69, 9.17) is 0 Å². The van der Waals surface area contributed by atoms with E-state index in [0.717, 1.165) is 18.8 Å². The van der Waals surface area contributed by atoms with Crippen LogP contribution in [-0.2, 0) is 4.79 Å². The number of likely N-dealkylation sites (tertiary alicyclic amines) is 1. The van der Waals surface area contributed by atoms with E-state index >= 15 is 0 Å². The zero-order valence-corrected chi connectivity index (χ0v) is 14.6. The molecule has 1 fully saturated rings. The van der Waals surface area contributed by atoms with Gasteiger partial charge < -0.3 is 15.1 Å². The Bertz CT molecular complexity index is 544. The maximum Gasteiger partial charge on any atom is 0.279 e. The zero-order valence-electron chi connectivity index (χ0n) is 14.6. The summed E-state index contributed by atoms with van der Waals surface area (Å²) in [5.41, 5.74) is 1.36. The van der Waals surface area contributed by atoms with Gasteiger partial charge in [0, 0.05) is 37.2 Å². The molecule has 2 rings (SSSR count). The van der Waals surface area contributed by atoms with E-state index in [2.05, 4.69) is 19.2 Å². The minimum absolute atomic E-state index is 0.0352. The van der Waals surface area contributed by atoms with Gasteiger partial charge in [0.2, 0.25) is 0 Å². The van der Waals surface area contributed by atoms with Gasteiger partial charge in [0.1, 0.15) is 0 Å². The van der Waals surface area contributed by atoms with Gasteiger partial charge in [-0.25, -0.2) is 0 Å². The van der Waals surface area contributed by atoms with E-state index in [1.807, 2.05) is 0 Å². The van der Waals surface area contributed by atoms with E-state index in [0.29, 0.717) is 23.9 Å². The molecule has 2 amide bonds. The largest absolute Gasteiger partial charge is 0.345 e. The summed E-state index contributed by atoms with van der Waals surface area (Å²) in [5.74, 6) is 1.35. The molecule has 1 aromatic carbocycles. The lowest BCUT2D eigenvalue weighted by atomic mass is 9.92. The standard InChI is InChI=1S/C18H27N3O2/c1-13-9-14(2)11-21(10-13)12-17(22)19-16-7-5-15(6-8-16)18(23)20(3)4/h5-8,13-14H,9-12H2,1-4H3,(H,19,22)/p+1/t13-,14+. The second kappa shape index (κ2) is 7.59. The number of hydrogen-bond acceptors (Lipinski definition) is 2. The molecule has 0 spiro atoms. The van der Waals surface area contributed by atoms with Crippen molar-refractivity contribution < 1.29 is 14.5 Å². The maximum atomic E-state index is 12.2. The summed E-state index contributed by atoms with van der Waals surface area (Å²) in [5, 5.41) is 2.93. The fourth-order valence-electron chi connectivity index (χ4n) is 3.45. The number of nitrogens with one attached hydrogen (secondary N) is 2. The number of nitrogens with zero attached hydrogens (tertiary/aromatic N) is 1. The van der Waals surface area contributed by atoms with Crippen molar-refractivity contribution in [3.8, 4) is 0 Å². The number of anilines is 1. The van der Waals surface area contributed by atoms with Crippen LogP contribution in [0.15, 0.2) is 24.3 Å². The fraction of sp³-hybridized carbons (Fsp3) is 0.556. The fourth-order valence-corrected chi connectivity index (χ4v) is 3.45. The summed E-state index contributed by atoms with van der Waals surface area (Å²) in [6.07, 6.45) is 1.26. The van der Waals surface area contributed by atoms with Crippen LogP contribution in [-0.4, -0.2) is 50.4 Å². The lowest BCUT2D eigenvalue weighted by Crippen LogP contribution is -3.15. The molecule has 2 N–H and O–H groups in total. The van der Waals surface area contributed by atoms with Gasteiger partial charge >= 0.3 is 0 Å². The summed E-state index contributed by atoms with van der Waals surface area (Å²) < 4.78 is 0. The van der Waals surface area contributed by atoms with Gasteiger partial charge in [0.25, 0.3) is 11.8 Å². The molecule has 0 aliphatic carbocycles. The quantitative estimate of drug-likeness (QED) is 0.866. The Morgan fingerprint density at radius 1 is 1.13 bits per heavy atom. The van der Waals surface area contributed by atoms with Crippen LogP contribution >= 0.6 is 0 Å². The Hall–Kier alpha value is -1.88. The number of carbonyl (C=O) groups is 2. The normalized spacial score (nSPS) is 24.1. The number of hydrogen-bond donors (Lipinski definition) is 2. The smallest absolute Gasteiger partial charge is 0.279 e. The number of amides is 2. The van der Waals surface area contributed by atoms with E-state index in [-0.39, 0.29) is 11.8 Å². The summed E-state index contributed by atoms with van der Waals surface area (Å²) in [4.78, 5) is 26.9. The van der Waals surface area contributed by atoms with Gasteiger partial charge in [0.05, 0.1) is 13.1 Å². The first-order valence-electron chi connectivity index (χ1n) is 8.30. The maximum absolute atomic E-state index is 12.2. The monoisotopic (exact) mass is 318 g/mol. The third-order valence-corrected chi connectivity index (χ3v) is 4.31. The zero-order chi connectivity index (χ0) is 17.0. The molecule has 0 bridgehead atoms. The number of quaternary nitrogens is 1. The van der Waals surface area contributed by atoms with Crippen LogP contribution in [0.4, 0.5) is 5.69 Å². The first kappa shape index (κ1) is 17.5. The average molecular weight is 318 g/mol. The van der Waals surface area contributed by atoms with Gasteiger partial charge in [-0.2, -0.15) is 0 Å². The number of rotatable bonds is 4. The molecule has 0 aromatic heterocycles. The molecule has 0 radical (unpaired) electrons. The van der Waals surface area contributed by atoms with Crippen molar-refractivity contribution in [1.29, 1.82) is 0 Å². The number of piperidine rings is 1. The van der Waals surface area contributed by atoms with Crippen molar-refractivity contribution in [2.24, 2.45) is 11.8 Å². The third kappa shape index (κ3) is 5.06. The molecule has 1 heterocycles. The molecule has 0 saturated carbocycles. The van der Waals surface area contributed by atoms with Gasteiger partial charge in [0.15, 0.2) is 6.54 Å². The predicted molar refractivity (Wildman–Crippen MR) is 91.6 cm³/mol. The summed E-state index contributed by atoms with van der Waals surface area (Å²) in [7, 11) is 3.45. The van der Waals surface area contributed by atoms with E-state index in [1.165, 1.54) is 16.2 Å². The molecule has 1 saturated heterocycles. The van der Waals surface area contributed by atoms with Gasteiger partial charge in [-0.15, -0.1) is 0 Å². The van der Waals surface area contributed by atoms with Crippen LogP contribution in [0.25, 0.3) is 0 Å². The highest BCUT2D eigenvalue weighted by Gasteiger charge is 2.26. The molecule has 23 heavy (non-hydrogen) atoms.